The first-order valence-corrected chi connectivity index (χ1v) is 8.35. The Bertz CT molecular complexity index is 894. The van der Waals surface area contributed by atoms with E-state index in [0.29, 0.717) is 16.1 Å². The van der Waals surface area contributed by atoms with Crippen LogP contribution >= 0.6 is 11.3 Å². The van der Waals surface area contributed by atoms with E-state index in [1.807, 2.05) is 6.07 Å². The third-order valence-corrected chi connectivity index (χ3v) is 4.11. The minimum absolute atomic E-state index is 0.197. The van der Waals surface area contributed by atoms with Gasteiger partial charge in [-0.2, -0.15) is 5.26 Å². The number of amides is 2. The summed E-state index contributed by atoms with van der Waals surface area (Å²) >= 11 is 1.14. The number of carbonyl (C=O) groups excluding carboxylic acids is 3. The van der Waals surface area contributed by atoms with E-state index >= 15 is 0 Å². The topological polar surface area (TPSA) is 122 Å². The predicted octanol–water partition coefficient (Wildman–Crippen LogP) is 2.30. The Morgan fingerprint density at radius 3 is 2.58 bits per heavy atom. The van der Waals surface area contributed by atoms with Gasteiger partial charge in [-0.05, 0) is 42.1 Å². The van der Waals surface area contributed by atoms with Gasteiger partial charge in [0.1, 0.15) is 5.00 Å². The maximum absolute atomic E-state index is 12.1. The van der Waals surface area contributed by atoms with E-state index in [2.05, 4.69) is 5.32 Å². The second kappa shape index (κ2) is 8.60. The highest BCUT2D eigenvalue weighted by atomic mass is 32.1. The third-order valence-electron chi connectivity index (χ3n) is 3.28. The number of hydrogen-bond acceptors (Lipinski definition) is 6. The number of ether oxygens (including phenoxy) is 1. The summed E-state index contributed by atoms with van der Waals surface area (Å²) in [7, 11) is 0. The normalized spacial score (nSPS) is 11.5. The predicted molar refractivity (Wildman–Crippen MR) is 97.2 cm³/mol. The van der Waals surface area contributed by atoms with Crippen molar-refractivity contribution in [3.63, 3.8) is 0 Å². The lowest BCUT2D eigenvalue weighted by molar-refractivity contribution is -0.148. The molecule has 8 heteroatoms. The maximum atomic E-state index is 12.1. The first-order valence-electron chi connectivity index (χ1n) is 7.47. The van der Waals surface area contributed by atoms with Crippen molar-refractivity contribution in [1.82, 2.24) is 0 Å². The monoisotopic (exact) mass is 369 g/mol. The van der Waals surface area contributed by atoms with E-state index in [-0.39, 0.29) is 5.56 Å². The molecular formula is C18H15N3O4S. The summed E-state index contributed by atoms with van der Waals surface area (Å²) < 4.78 is 5.03. The van der Waals surface area contributed by atoms with Crippen LogP contribution in [0.1, 0.15) is 28.4 Å². The lowest BCUT2D eigenvalue weighted by atomic mass is 10.1. The smallest absolute Gasteiger partial charge is 0.331 e. The molecule has 7 nitrogen and oxygen atoms in total. The summed E-state index contributed by atoms with van der Waals surface area (Å²) in [6, 6.07) is 10.1. The number of nitriles is 1. The Labute approximate surface area is 153 Å². The number of carbonyl (C=O) groups is 3. The average molecular weight is 369 g/mol. The first-order chi connectivity index (χ1) is 12.4. The van der Waals surface area contributed by atoms with Crippen LogP contribution in [0.4, 0.5) is 5.00 Å². The van der Waals surface area contributed by atoms with Crippen LogP contribution in [0.3, 0.4) is 0 Å². The van der Waals surface area contributed by atoms with Gasteiger partial charge in [0.25, 0.3) is 11.8 Å². The van der Waals surface area contributed by atoms with Gasteiger partial charge >= 0.3 is 5.97 Å². The van der Waals surface area contributed by atoms with Crippen LogP contribution in [-0.2, 0) is 14.3 Å². The lowest BCUT2D eigenvalue weighted by Gasteiger charge is -2.12. The molecule has 0 radical (unpaired) electrons. The van der Waals surface area contributed by atoms with Crippen molar-refractivity contribution in [3.05, 3.63) is 58.5 Å². The molecule has 0 unspecified atom stereocenters. The van der Waals surface area contributed by atoms with Crippen LogP contribution in [0.2, 0.25) is 0 Å². The molecule has 1 heterocycles. The van der Waals surface area contributed by atoms with Crippen molar-refractivity contribution in [2.45, 2.75) is 13.0 Å². The van der Waals surface area contributed by atoms with Crippen LogP contribution in [0.5, 0.6) is 0 Å². The Morgan fingerprint density at radius 2 is 1.96 bits per heavy atom. The molecule has 0 saturated carbocycles. The molecule has 0 aliphatic carbocycles. The van der Waals surface area contributed by atoms with Crippen LogP contribution in [0, 0.1) is 11.3 Å². The first kappa shape index (κ1) is 18.9. The van der Waals surface area contributed by atoms with E-state index in [9.17, 15) is 14.4 Å². The highest BCUT2D eigenvalue weighted by Gasteiger charge is 2.19. The SMILES string of the molecule is C[C@@H](OC(=O)/C=C/c1ccc(C#N)cc1)C(=O)Nc1sccc1C(N)=O. The van der Waals surface area contributed by atoms with Crippen molar-refractivity contribution >= 4 is 40.2 Å². The molecule has 1 aromatic heterocycles. The fourth-order valence-electron chi connectivity index (χ4n) is 1.91. The van der Waals surface area contributed by atoms with Gasteiger partial charge in [0, 0.05) is 6.08 Å². The maximum Gasteiger partial charge on any atom is 0.331 e. The molecule has 0 spiro atoms. The van der Waals surface area contributed by atoms with Gasteiger partial charge in [0.15, 0.2) is 6.10 Å². The molecule has 26 heavy (non-hydrogen) atoms. The number of nitrogens with two attached hydrogens (primary N) is 1. The number of primary amides is 1. The second-order valence-corrected chi connectivity index (χ2v) is 6.08. The average Bonchev–Trinajstić information content (AvgIpc) is 3.08. The zero-order valence-electron chi connectivity index (χ0n) is 13.8. The van der Waals surface area contributed by atoms with Crippen molar-refractivity contribution < 1.29 is 19.1 Å². The van der Waals surface area contributed by atoms with Crippen molar-refractivity contribution in [2.24, 2.45) is 5.73 Å². The van der Waals surface area contributed by atoms with Crippen LogP contribution in [-0.4, -0.2) is 23.9 Å². The zero-order chi connectivity index (χ0) is 19.1. The number of anilines is 1. The standard InChI is InChI=1S/C18H15N3O4S/c1-11(17(24)21-18-14(16(20)23)8-9-26-18)25-15(22)7-6-12-2-4-13(10-19)5-3-12/h2-9,11H,1H3,(H2,20,23)(H,21,24)/b7-6+/t11-/m1/s1. The van der Waals surface area contributed by atoms with Crippen LogP contribution in [0.15, 0.2) is 41.8 Å². The summed E-state index contributed by atoms with van der Waals surface area (Å²) in [5.41, 5.74) is 6.63. The highest BCUT2D eigenvalue weighted by molar-refractivity contribution is 7.14. The van der Waals surface area contributed by atoms with E-state index in [1.165, 1.54) is 25.1 Å². The van der Waals surface area contributed by atoms with Crippen molar-refractivity contribution in [1.29, 1.82) is 5.26 Å². The molecule has 2 aromatic rings. The number of rotatable bonds is 6. The number of esters is 1. The van der Waals surface area contributed by atoms with Gasteiger partial charge in [0.05, 0.1) is 17.2 Å². The number of nitrogens with zero attached hydrogens (tertiary/aromatic N) is 1. The van der Waals surface area contributed by atoms with Gasteiger partial charge in [0.2, 0.25) is 0 Å². The number of hydrogen-bond donors (Lipinski definition) is 2. The van der Waals surface area contributed by atoms with E-state index in [0.717, 1.165) is 11.3 Å². The Kier molecular flexibility index (Phi) is 6.25. The Balaban J connectivity index is 1.92. The minimum atomic E-state index is -1.06. The molecule has 0 aliphatic rings. The molecule has 0 saturated heterocycles. The highest BCUT2D eigenvalue weighted by Crippen LogP contribution is 2.23. The molecule has 3 N–H and O–H groups in total. The fraction of sp³-hybridized carbons (Fsp3) is 0.111. The number of thiophene rings is 1. The van der Waals surface area contributed by atoms with Gasteiger partial charge < -0.3 is 15.8 Å². The summed E-state index contributed by atoms with van der Waals surface area (Å²) in [4.78, 5) is 35.1. The summed E-state index contributed by atoms with van der Waals surface area (Å²) in [6.45, 7) is 1.42. The quantitative estimate of drug-likeness (QED) is 0.597. The summed E-state index contributed by atoms with van der Waals surface area (Å²) in [6.07, 6.45) is 1.64. The molecule has 2 amide bonds. The van der Waals surface area contributed by atoms with E-state index < -0.39 is 23.9 Å². The molecule has 0 bridgehead atoms. The molecular weight excluding hydrogens is 354 g/mol. The largest absolute Gasteiger partial charge is 0.449 e. The van der Waals surface area contributed by atoms with Gasteiger partial charge in [-0.15, -0.1) is 11.3 Å². The molecule has 2 rings (SSSR count). The van der Waals surface area contributed by atoms with Crippen molar-refractivity contribution in [3.8, 4) is 6.07 Å². The molecule has 1 atom stereocenters. The minimum Gasteiger partial charge on any atom is -0.449 e. The molecule has 132 valence electrons. The van der Waals surface area contributed by atoms with Gasteiger partial charge in [-0.1, -0.05) is 12.1 Å². The fourth-order valence-corrected chi connectivity index (χ4v) is 2.71. The lowest BCUT2D eigenvalue weighted by Crippen LogP contribution is -2.29. The zero-order valence-corrected chi connectivity index (χ0v) is 14.6. The van der Waals surface area contributed by atoms with Gasteiger partial charge in [-0.25, -0.2) is 4.79 Å². The Hall–Kier alpha value is -3.44. The van der Waals surface area contributed by atoms with E-state index in [4.69, 9.17) is 15.7 Å². The van der Waals surface area contributed by atoms with E-state index in [1.54, 1.807) is 29.6 Å². The summed E-state index contributed by atoms with van der Waals surface area (Å²) in [5, 5.41) is 13.2. The van der Waals surface area contributed by atoms with Gasteiger partial charge in [-0.3, -0.25) is 9.59 Å². The van der Waals surface area contributed by atoms with Crippen LogP contribution in [0.25, 0.3) is 6.08 Å². The molecule has 1 aromatic carbocycles. The second-order valence-electron chi connectivity index (χ2n) is 5.16. The number of benzene rings is 1. The summed E-state index contributed by atoms with van der Waals surface area (Å²) in [5.74, 6) is -1.93. The number of nitrogens with one attached hydrogen (secondary N) is 1. The van der Waals surface area contributed by atoms with Crippen LogP contribution < -0.4 is 11.1 Å². The third kappa shape index (κ3) is 5.03. The van der Waals surface area contributed by atoms with Crippen molar-refractivity contribution in [2.75, 3.05) is 5.32 Å². The molecule has 0 aliphatic heterocycles. The molecule has 0 fully saturated rings. The Morgan fingerprint density at radius 1 is 1.27 bits per heavy atom.